The lowest BCUT2D eigenvalue weighted by molar-refractivity contribution is 0.476. The van der Waals surface area contributed by atoms with E-state index in [0.29, 0.717) is 10.8 Å². The molecule has 0 aliphatic carbocycles. The first-order valence-electron chi connectivity index (χ1n) is 11.6. The van der Waals surface area contributed by atoms with Crippen molar-refractivity contribution in [3.63, 3.8) is 0 Å². The molecule has 8 aromatic carbocycles. The Labute approximate surface area is 197 Å². The van der Waals surface area contributed by atoms with Gasteiger partial charge in [-0.15, -0.1) is 0 Å². The Morgan fingerprint density at radius 1 is 0.429 bits per heavy atom. The molecule has 0 fully saturated rings. The standard InChI is InChI=1S/C32H16O3/c33-26-15-18-10-11-19-22(29(18)32(35)31(26)34)12-13-23-25(19)14-17-6-3-8-21-20-7-1-4-16-5-2-9-24(27(16)20)30(23)28(17)21/h1-15,35H. The fourth-order valence-corrected chi connectivity index (χ4v) is 6.18. The summed E-state index contributed by atoms with van der Waals surface area (Å²) in [4.78, 5) is 24.3. The van der Waals surface area contributed by atoms with Gasteiger partial charge in [-0.05, 0) is 82.2 Å². The number of aromatic hydroxyl groups is 1. The minimum absolute atomic E-state index is 0.434. The van der Waals surface area contributed by atoms with Gasteiger partial charge in [0.25, 0.3) is 5.43 Å². The van der Waals surface area contributed by atoms with E-state index in [4.69, 9.17) is 0 Å². The average molecular weight is 448 g/mol. The van der Waals surface area contributed by atoms with Crippen LogP contribution in [0.15, 0.2) is 101 Å². The normalized spacial score (nSPS) is 12.3. The van der Waals surface area contributed by atoms with Gasteiger partial charge in [0.2, 0.25) is 5.43 Å². The van der Waals surface area contributed by atoms with E-state index in [1.807, 2.05) is 18.2 Å². The summed E-state index contributed by atoms with van der Waals surface area (Å²) in [5.41, 5.74) is -1.54. The minimum atomic E-state index is -0.855. The Bertz CT molecular complexity index is 2310. The number of benzene rings is 8. The topological polar surface area (TPSA) is 54.4 Å². The lowest BCUT2D eigenvalue weighted by Crippen LogP contribution is -2.21. The highest BCUT2D eigenvalue weighted by Crippen LogP contribution is 2.45. The molecule has 0 aliphatic heterocycles. The molecule has 0 heterocycles. The smallest absolute Gasteiger partial charge is 0.267 e. The number of hydrogen-bond acceptors (Lipinski definition) is 3. The molecular weight excluding hydrogens is 432 g/mol. The predicted octanol–water partition coefficient (Wildman–Crippen LogP) is 7.06. The van der Waals surface area contributed by atoms with Crippen molar-refractivity contribution in [3.8, 4) is 5.75 Å². The van der Waals surface area contributed by atoms with Gasteiger partial charge in [0.05, 0.1) is 0 Å². The maximum atomic E-state index is 12.3. The largest absolute Gasteiger partial charge is 0.504 e. The molecule has 0 spiro atoms. The Morgan fingerprint density at radius 3 is 1.77 bits per heavy atom. The quantitative estimate of drug-likeness (QED) is 0.153. The molecule has 8 aromatic rings. The number of fused-ring (bicyclic) bond motifs is 8. The fraction of sp³-hybridized carbons (Fsp3) is 0. The first-order valence-corrected chi connectivity index (χ1v) is 11.6. The molecule has 0 aromatic heterocycles. The maximum Gasteiger partial charge on any atom is 0.267 e. The van der Waals surface area contributed by atoms with Crippen molar-refractivity contribution in [1.82, 2.24) is 0 Å². The van der Waals surface area contributed by atoms with Crippen molar-refractivity contribution < 1.29 is 5.11 Å². The second-order valence-electron chi connectivity index (χ2n) is 9.34. The summed E-state index contributed by atoms with van der Waals surface area (Å²) in [6.07, 6.45) is 0. The van der Waals surface area contributed by atoms with E-state index < -0.39 is 16.6 Å². The van der Waals surface area contributed by atoms with Gasteiger partial charge in [-0.3, -0.25) is 9.59 Å². The molecule has 162 valence electrons. The van der Waals surface area contributed by atoms with Crippen LogP contribution in [0.4, 0.5) is 0 Å². The molecule has 0 bridgehead atoms. The van der Waals surface area contributed by atoms with Crippen molar-refractivity contribution in [2.75, 3.05) is 0 Å². The van der Waals surface area contributed by atoms with Crippen LogP contribution in [-0.2, 0) is 0 Å². The van der Waals surface area contributed by atoms with Crippen LogP contribution >= 0.6 is 0 Å². The summed E-state index contributed by atoms with van der Waals surface area (Å²) in [7, 11) is 0. The molecule has 0 atom stereocenters. The van der Waals surface area contributed by atoms with Crippen molar-refractivity contribution in [3.05, 3.63) is 111 Å². The first-order chi connectivity index (χ1) is 17.1. The molecule has 0 unspecified atom stereocenters. The van der Waals surface area contributed by atoms with Gasteiger partial charge in [-0.2, -0.15) is 0 Å². The fourth-order valence-electron chi connectivity index (χ4n) is 6.18. The second kappa shape index (κ2) is 6.22. The zero-order chi connectivity index (χ0) is 23.4. The third-order valence-corrected chi connectivity index (χ3v) is 7.62. The molecular formula is C32H16O3. The molecule has 0 aliphatic rings. The van der Waals surface area contributed by atoms with E-state index >= 15 is 0 Å². The minimum Gasteiger partial charge on any atom is -0.504 e. The number of rotatable bonds is 0. The monoisotopic (exact) mass is 448 g/mol. The molecule has 8 rings (SSSR count). The summed E-state index contributed by atoms with van der Waals surface area (Å²) in [6.45, 7) is 0. The lowest BCUT2D eigenvalue weighted by Gasteiger charge is -2.17. The van der Waals surface area contributed by atoms with Gasteiger partial charge in [-0.25, -0.2) is 0 Å². The molecule has 3 heteroatoms. The van der Waals surface area contributed by atoms with E-state index in [9.17, 15) is 14.7 Å². The Kier molecular flexibility index (Phi) is 3.31. The first kappa shape index (κ1) is 18.6. The number of phenols is 1. The third-order valence-electron chi connectivity index (χ3n) is 7.62. The molecule has 3 nitrogen and oxygen atoms in total. The maximum absolute atomic E-state index is 12.3. The van der Waals surface area contributed by atoms with Crippen molar-refractivity contribution in [1.29, 1.82) is 0 Å². The van der Waals surface area contributed by atoms with E-state index in [-0.39, 0.29) is 0 Å². The van der Waals surface area contributed by atoms with Crippen LogP contribution in [0.1, 0.15) is 0 Å². The average Bonchev–Trinajstić information content (AvgIpc) is 2.89. The van der Waals surface area contributed by atoms with Gasteiger partial charge in [0.15, 0.2) is 5.75 Å². The second-order valence-corrected chi connectivity index (χ2v) is 9.34. The molecule has 1 N–H and O–H groups in total. The molecule has 0 saturated heterocycles. The summed E-state index contributed by atoms with van der Waals surface area (Å²) < 4.78 is 0. The van der Waals surface area contributed by atoms with Gasteiger partial charge >= 0.3 is 0 Å². The summed E-state index contributed by atoms with van der Waals surface area (Å²) in [5, 5.41) is 25.3. The third kappa shape index (κ3) is 2.20. The highest BCUT2D eigenvalue weighted by atomic mass is 16.3. The Hall–Kier alpha value is -4.76. The summed E-state index contributed by atoms with van der Waals surface area (Å²) >= 11 is 0. The molecule has 35 heavy (non-hydrogen) atoms. The van der Waals surface area contributed by atoms with Crippen LogP contribution in [-0.4, -0.2) is 5.11 Å². The van der Waals surface area contributed by atoms with E-state index in [0.717, 1.165) is 26.9 Å². The van der Waals surface area contributed by atoms with Crippen LogP contribution in [0, 0.1) is 0 Å². The van der Waals surface area contributed by atoms with Gasteiger partial charge in [0, 0.05) is 5.39 Å². The van der Waals surface area contributed by atoms with E-state index in [1.165, 1.54) is 43.8 Å². The SMILES string of the molecule is O=c1cc2ccc3c4cc5cccc6c7cccc8cccc(c87)c(c4ccc3c2c(O)c1=O)c56. The number of hydrogen-bond donors (Lipinski definition) is 1. The van der Waals surface area contributed by atoms with Crippen molar-refractivity contribution in [2.45, 2.75) is 0 Å². The highest BCUT2D eigenvalue weighted by Gasteiger charge is 2.18. The zero-order valence-electron chi connectivity index (χ0n) is 18.4. The van der Waals surface area contributed by atoms with Crippen LogP contribution in [0.3, 0.4) is 0 Å². The van der Waals surface area contributed by atoms with Gasteiger partial charge in [-0.1, -0.05) is 78.9 Å². The van der Waals surface area contributed by atoms with Gasteiger partial charge in [0.1, 0.15) is 0 Å². The predicted molar refractivity (Wildman–Crippen MR) is 146 cm³/mol. The van der Waals surface area contributed by atoms with Crippen LogP contribution < -0.4 is 10.9 Å². The highest BCUT2D eigenvalue weighted by molar-refractivity contribution is 6.39. The zero-order valence-corrected chi connectivity index (χ0v) is 18.4. The van der Waals surface area contributed by atoms with E-state index in [2.05, 4.69) is 66.7 Å². The van der Waals surface area contributed by atoms with Gasteiger partial charge < -0.3 is 5.11 Å². The van der Waals surface area contributed by atoms with Crippen molar-refractivity contribution in [2.24, 2.45) is 0 Å². The number of phenolic OH excluding ortho intramolecular Hbond substituents is 1. The summed E-state index contributed by atoms with van der Waals surface area (Å²) in [6, 6.07) is 30.8. The molecule has 0 radical (unpaired) electrons. The van der Waals surface area contributed by atoms with Crippen LogP contribution in [0.5, 0.6) is 5.75 Å². The van der Waals surface area contributed by atoms with Crippen LogP contribution in [0.25, 0.3) is 75.4 Å². The molecule has 0 amide bonds. The lowest BCUT2D eigenvalue weighted by atomic mass is 9.86. The Balaban J connectivity index is 1.70. The summed E-state index contributed by atoms with van der Waals surface area (Å²) in [5.74, 6) is -0.472. The van der Waals surface area contributed by atoms with Crippen molar-refractivity contribution >= 4 is 75.4 Å². The van der Waals surface area contributed by atoms with Crippen LogP contribution in [0.2, 0.25) is 0 Å². The van der Waals surface area contributed by atoms with E-state index in [1.54, 1.807) is 0 Å². The molecule has 0 saturated carbocycles. The Morgan fingerprint density at radius 2 is 1.00 bits per heavy atom.